The Morgan fingerprint density at radius 2 is 1.25 bits per heavy atom. The van der Waals surface area contributed by atoms with E-state index in [4.69, 9.17) is 4.46 Å². The molecule has 0 aromatic rings. The molecule has 0 fully saturated rings. The Morgan fingerprint density at radius 3 is 1.25 bits per heavy atom. The third kappa shape index (κ3) is 10.5. The van der Waals surface area contributed by atoms with E-state index in [2.05, 4.69) is 0 Å². The summed E-state index contributed by atoms with van der Waals surface area (Å²) in [6, 6.07) is 0. The molecular weight excluding hydrogens is 144 g/mol. The minimum Gasteiger partial charge on any atom is -0.396 e. The van der Waals surface area contributed by atoms with Gasteiger partial charge in [0.15, 0.2) is 0 Å². The van der Waals surface area contributed by atoms with E-state index < -0.39 is 0 Å². The van der Waals surface area contributed by atoms with Gasteiger partial charge in [-0.1, -0.05) is 0 Å². The largest absolute Gasteiger partial charge is 0.396 e. The van der Waals surface area contributed by atoms with Gasteiger partial charge in [-0.15, -0.1) is 0 Å². The Hall–Kier alpha value is 1.26. The topological polar surface area (TPSA) is 17.1 Å². The average Bonchev–Trinajstić information content (AvgIpc) is 1.00. The molecule has 0 radical (unpaired) electrons. The molecule has 0 aliphatic heterocycles. The van der Waals surface area contributed by atoms with Crippen molar-refractivity contribution in [1.82, 2.24) is 0 Å². The van der Waals surface area contributed by atoms with E-state index in [1.807, 2.05) is 0 Å². The molecule has 0 aromatic heterocycles. The standard InChI is InChI=1S/Cr.H2OSi.Ti/c;1-2;/h;2H2;. The SMILES string of the molecule is O=[SiH2].[Cr].[Ti]. The molecule has 0 aliphatic rings. The first-order valence-corrected chi connectivity index (χ1v) is 0.866. The van der Waals surface area contributed by atoms with Crippen molar-refractivity contribution in [1.29, 1.82) is 0 Å². The van der Waals surface area contributed by atoms with Crippen molar-refractivity contribution in [2.24, 2.45) is 0 Å². The fraction of sp³-hybridized carbons (Fsp3) is 0. The van der Waals surface area contributed by atoms with E-state index in [9.17, 15) is 0 Å². The van der Waals surface area contributed by atoms with Gasteiger partial charge in [0, 0.05) is 39.1 Å². The molecule has 0 heterocycles. The van der Waals surface area contributed by atoms with Crippen LogP contribution in [0.25, 0.3) is 0 Å². The summed E-state index contributed by atoms with van der Waals surface area (Å²) >= 11 is 0. The van der Waals surface area contributed by atoms with Crippen molar-refractivity contribution < 1.29 is 43.5 Å². The van der Waals surface area contributed by atoms with Crippen LogP contribution in [0, 0.1) is 0 Å². The Morgan fingerprint density at radius 1 is 1.25 bits per heavy atom. The van der Waals surface area contributed by atoms with E-state index in [1.165, 1.54) is 0 Å². The molecule has 22 valence electrons. The van der Waals surface area contributed by atoms with Crippen molar-refractivity contribution in [3.05, 3.63) is 0 Å². The molecule has 0 saturated carbocycles. The van der Waals surface area contributed by atoms with E-state index in [0.29, 0.717) is 10.1 Å². The fourth-order valence-corrected chi connectivity index (χ4v) is 0. The van der Waals surface area contributed by atoms with Crippen LogP contribution in [0.2, 0.25) is 0 Å². The molecule has 0 atom stereocenters. The van der Waals surface area contributed by atoms with Crippen LogP contribution in [0.15, 0.2) is 0 Å². The molecule has 0 aromatic carbocycles. The minimum absolute atomic E-state index is 0. The number of hydrogen-bond donors (Lipinski definition) is 0. The first-order valence-electron chi connectivity index (χ1n) is 0.289. The van der Waals surface area contributed by atoms with Gasteiger partial charge in [-0.25, -0.2) is 0 Å². The molecule has 0 spiro atoms. The molecule has 1 nitrogen and oxygen atoms in total. The molecule has 0 unspecified atom stereocenters. The van der Waals surface area contributed by atoms with Gasteiger partial charge in [0.2, 0.25) is 10.1 Å². The second kappa shape index (κ2) is 28.4. The second-order valence-corrected chi connectivity index (χ2v) is 0. The Kier molecular flexibility index (Phi) is 133. The maximum absolute atomic E-state index is 8.28. The van der Waals surface area contributed by atoms with Gasteiger partial charge in [-0.2, -0.15) is 0 Å². The van der Waals surface area contributed by atoms with Gasteiger partial charge >= 0.3 is 0 Å². The first kappa shape index (κ1) is 18.7. The summed E-state index contributed by atoms with van der Waals surface area (Å²) in [4.78, 5) is 0. The van der Waals surface area contributed by atoms with Gasteiger partial charge in [-0.05, 0) is 0 Å². The summed E-state index contributed by atoms with van der Waals surface area (Å²) in [6.45, 7) is 0. The maximum atomic E-state index is 8.28. The Balaban J connectivity index is -0.00000000500. The first-order chi connectivity index (χ1) is 1.00. The Labute approximate surface area is 53.7 Å². The predicted octanol–water partition coefficient (Wildman–Crippen LogP) is -1.04. The number of rotatable bonds is 0. The minimum atomic E-state index is 0. The van der Waals surface area contributed by atoms with E-state index >= 15 is 0 Å². The third-order valence-corrected chi connectivity index (χ3v) is 0. The van der Waals surface area contributed by atoms with Crippen molar-refractivity contribution >= 4 is 10.1 Å². The van der Waals surface area contributed by atoms with Crippen molar-refractivity contribution in [3.8, 4) is 0 Å². The normalized spacial score (nSPS) is 1.00. The van der Waals surface area contributed by atoms with E-state index in [0.717, 1.165) is 0 Å². The van der Waals surface area contributed by atoms with E-state index in [1.54, 1.807) is 0 Å². The predicted molar refractivity (Wildman–Crippen MR) is 9.23 cm³/mol. The number of hydrogen-bond acceptors (Lipinski definition) is 1. The van der Waals surface area contributed by atoms with Gasteiger partial charge in [0.1, 0.15) is 0 Å². The van der Waals surface area contributed by atoms with Crippen LogP contribution in [0.3, 0.4) is 0 Å². The fourth-order valence-electron chi connectivity index (χ4n) is 0. The van der Waals surface area contributed by atoms with Gasteiger partial charge in [0.05, 0.1) is 0 Å². The van der Waals surface area contributed by atoms with Crippen LogP contribution in [0.5, 0.6) is 0 Å². The molecule has 4 heteroatoms. The average molecular weight is 146 g/mol. The smallest absolute Gasteiger partial charge is 0.245 e. The molecule has 0 saturated heterocycles. The summed E-state index contributed by atoms with van der Waals surface area (Å²) in [6.07, 6.45) is 0. The molecule has 0 bridgehead atoms. The molecular formula is H2CrOSiTi. The molecule has 0 amide bonds. The van der Waals surface area contributed by atoms with Gasteiger partial charge in [0.25, 0.3) is 0 Å². The third-order valence-electron chi connectivity index (χ3n) is 0. The van der Waals surface area contributed by atoms with Crippen LogP contribution < -0.4 is 0 Å². The quantitative estimate of drug-likeness (QED) is 0.399. The second-order valence-electron chi connectivity index (χ2n) is 0. The van der Waals surface area contributed by atoms with Crippen molar-refractivity contribution in [2.45, 2.75) is 0 Å². The van der Waals surface area contributed by atoms with Crippen molar-refractivity contribution in [3.63, 3.8) is 0 Å². The van der Waals surface area contributed by atoms with Crippen molar-refractivity contribution in [2.75, 3.05) is 0 Å². The van der Waals surface area contributed by atoms with E-state index in [-0.39, 0.29) is 39.1 Å². The monoisotopic (exact) mass is 146 g/mol. The van der Waals surface area contributed by atoms with Crippen LogP contribution in [0.4, 0.5) is 0 Å². The van der Waals surface area contributed by atoms with Crippen LogP contribution in [-0.2, 0) is 43.5 Å². The van der Waals surface area contributed by atoms with Gasteiger partial charge in [-0.3, -0.25) is 0 Å². The molecule has 4 heavy (non-hydrogen) atoms. The summed E-state index contributed by atoms with van der Waals surface area (Å²) in [7, 11) is 0.611. The zero-order chi connectivity index (χ0) is 2.00. The maximum Gasteiger partial charge on any atom is 0.245 e. The zero-order valence-corrected chi connectivity index (χ0v) is 6.27. The van der Waals surface area contributed by atoms with Crippen LogP contribution in [0.1, 0.15) is 0 Å². The summed E-state index contributed by atoms with van der Waals surface area (Å²) in [5.74, 6) is 0. The summed E-state index contributed by atoms with van der Waals surface area (Å²) < 4.78 is 8.28. The summed E-state index contributed by atoms with van der Waals surface area (Å²) in [5, 5.41) is 0. The van der Waals surface area contributed by atoms with Crippen LogP contribution >= 0.6 is 0 Å². The molecule has 0 N–H and O–H groups in total. The zero-order valence-electron chi connectivity index (χ0n) is 2.02. The molecule has 0 rings (SSSR count). The Bertz CT molecular complexity index is 8.00. The van der Waals surface area contributed by atoms with Gasteiger partial charge < -0.3 is 4.46 Å². The summed E-state index contributed by atoms with van der Waals surface area (Å²) in [5.41, 5.74) is 0. The molecule has 0 aliphatic carbocycles. The van der Waals surface area contributed by atoms with Crippen LogP contribution in [-0.4, -0.2) is 10.1 Å².